The first kappa shape index (κ1) is 19.9. The Bertz CT molecular complexity index is 750. The van der Waals surface area contributed by atoms with Gasteiger partial charge in [-0.2, -0.15) is 0 Å². The minimum absolute atomic E-state index is 0.134. The highest BCUT2D eigenvalue weighted by Crippen LogP contribution is 2.36. The topological polar surface area (TPSA) is 155 Å². The summed E-state index contributed by atoms with van der Waals surface area (Å²) in [6.07, 6.45) is 0. The number of hydrogen-bond acceptors (Lipinski definition) is 9. The molecule has 0 aromatic heterocycles. The van der Waals surface area contributed by atoms with E-state index in [2.05, 4.69) is 5.32 Å². The molecule has 2 rings (SSSR count). The molecule has 0 saturated heterocycles. The van der Waals surface area contributed by atoms with Crippen LogP contribution in [0.25, 0.3) is 0 Å². The van der Waals surface area contributed by atoms with E-state index in [1.54, 1.807) is 0 Å². The third kappa shape index (κ3) is 5.54. The number of carbonyl (C=O) groups excluding carboxylic acids is 3. The zero-order valence-electron chi connectivity index (χ0n) is 14.3. The van der Waals surface area contributed by atoms with E-state index in [1.165, 1.54) is 7.11 Å². The van der Waals surface area contributed by atoms with E-state index in [0.717, 1.165) is 12.1 Å². The van der Waals surface area contributed by atoms with Crippen LogP contribution in [-0.4, -0.2) is 62.9 Å². The van der Waals surface area contributed by atoms with Crippen LogP contribution in [0.2, 0.25) is 0 Å². The Morgan fingerprint density at radius 3 is 2.52 bits per heavy atom. The minimum Gasteiger partial charge on any atom is -0.486 e. The van der Waals surface area contributed by atoms with E-state index < -0.39 is 40.7 Å². The van der Waals surface area contributed by atoms with E-state index in [1.807, 2.05) is 5.32 Å². The quantitative estimate of drug-likeness (QED) is 0.286. The van der Waals surface area contributed by atoms with Crippen LogP contribution in [0.1, 0.15) is 10.4 Å². The van der Waals surface area contributed by atoms with Gasteiger partial charge in [-0.3, -0.25) is 20.2 Å². The molecule has 0 bridgehead atoms. The van der Waals surface area contributed by atoms with E-state index in [-0.39, 0.29) is 37.9 Å². The summed E-state index contributed by atoms with van der Waals surface area (Å²) in [7, 11) is 1.45. The second kappa shape index (κ2) is 9.33. The number of nitrogens with zero attached hydrogens (tertiary/aromatic N) is 1. The Hall–Kier alpha value is -3.41. The first-order valence-corrected chi connectivity index (χ1v) is 7.74. The van der Waals surface area contributed by atoms with Crippen LogP contribution in [0, 0.1) is 10.1 Å². The predicted octanol–water partition coefficient (Wildman–Crippen LogP) is -0.00500. The highest BCUT2D eigenvalue weighted by molar-refractivity contribution is 5.98. The molecule has 0 spiro atoms. The Kier molecular flexibility index (Phi) is 6.88. The van der Waals surface area contributed by atoms with Gasteiger partial charge >= 0.3 is 12.0 Å². The summed E-state index contributed by atoms with van der Waals surface area (Å²) in [6, 6.07) is 1.37. The van der Waals surface area contributed by atoms with Crippen molar-refractivity contribution in [3.05, 3.63) is 27.8 Å². The molecular formula is C15H17N3O9. The molecule has 0 unspecified atom stereocenters. The Balaban J connectivity index is 1.98. The molecule has 1 heterocycles. The summed E-state index contributed by atoms with van der Waals surface area (Å²) < 4.78 is 20.0. The molecule has 12 nitrogen and oxygen atoms in total. The average molecular weight is 383 g/mol. The molecule has 0 aliphatic carbocycles. The van der Waals surface area contributed by atoms with E-state index in [9.17, 15) is 24.5 Å². The number of fused-ring (bicyclic) bond motifs is 1. The van der Waals surface area contributed by atoms with Crippen molar-refractivity contribution in [2.75, 3.05) is 40.1 Å². The number of imide groups is 1. The summed E-state index contributed by atoms with van der Waals surface area (Å²) in [5.41, 5.74) is -0.955. The van der Waals surface area contributed by atoms with Gasteiger partial charge in [0.15, 0.2) is 18.1 Å². The first-order chi connectivity index (χ1) is 12.9. The number of ether oxygens (including phenoxy) is 4. The number of urea groups is 1. The Morgan fingerprint density at radius 1 is 1.22 bits per heavy atom. The molecule has 1 aromatic carbocycles. The molecule has 3 amide bonds. The monoisotopic (exact) mass is 383 g/mol. The Morgan fingerprint density at radius 2 is 1.89 bits per heavy atom. The second-order valence-electron chi connectivity index (χ2n) is 5.14. The fourth-order valence-corrected chi connectivity index (χ4v) is 2.07. The van der Waals surface area contributed by atoms with Crippen molar-refractivity contribution in [1.82, 2.24) is 10.6 Å². The lowest BCUT2D eigenvalue weighted by atomic mass is 10.1. The maximum absolute atomic E-state index is 12.1. The maximum atomic E-state index is 12.1. The number of nitro groups is 1. The molecule has 0 atom stereocenters. The normalized spacial score (nSPS) is 12.0. The average Bonchev–Trinajstić information content (AvgIpc) is 2.65. The third-order valence-corrected chi connectivity index (χ3v) is 3.26. The number of hydrogen-bond donors (Lipinski definition) is 2. The van der Waals surface area contributed by atoms with Gasteiger partial charge in [0, 0.05) is 19.7 Å². The molecular weight excluding hydrogens is 366 g/mol. The zero-order valence-corrected chi connectivity index (χ0v) is 14.3. The Labute approximate surface area is 152 Å². The van der Waals surface area contributed by atoms with Crippen LogP contribution in [-0.2, 0) is 14.3 Å². The molecule has 1 aromatic rings. The van der Waals surface area contributed by atoms with Gasteiger partial charge in [-0.05, 0) is 0 Å². The number of nitrogens with one attached hydrogen (secondary N) is 2. The number of methoxy groups -OCH3 is 1. The van der Waals surface area contributed by atoms with Crippen LogP contribution in [0.4, 0.5) is 10.5 Å². The summed E-state index contributed by atoms with van der Waals surface area (Å²) >= 11 is 0. The third-order valence-electron chi connectivity index (χ3n) is 3.26. The van der Waals surface area contributed by atoms with E-state index in [4.69, 9.17) is 18.9 Å². The van der Waals surface area contributed by atoms with E-state index in [0.29, 0.717) is 0 Å². The van der Waals surface area contributed by atoms with Crippen molar-refractivity contribution in [2.45, 2.75) is 0 Å². The minimum atomic E-state index is -1.12. The van der Waals surface area contributed by atoms with Gasteiger partial charge in [-0.25, -0.2) is 9.59 Å². The van der Waals surface area contributed by atoms with Crippen LogP contribution in [0.15, 0.2) is 12.1 Å². The van der Waals surface area contributed by atoms with Crippen molar-refractivity contribution in [2.24, 2.45) is 0 Å². The van der Waals surface area contributed by atoms with Crippen molar-refractivity contribution < 1.29 is 38.3 Å². The summed E-state index contributed by atoms with van der Waals surface area (Å²) in [6.45, 7) is 0.0751. The lowest BCUT2D eigenvalue weighted by molar-refractivity contribution is -0.385. The first-order valence-electron chi connectivity index (χ1n) is 7.74. The van der Waals surface area contributed by atoms with E-state index >= 15 is 0 Å². The lowest BCUT2D eigenvalue weighted by Gasteiger charge is -2.18. The van der Waals surface area contributed by atoms with Crippen LogP contribution in [0.5, 0.6) is 11.5 Å². The van der Waals surface area contributed by atoms with Crippen molar-refractivity contribution in [1.29, 1.82) is 0 Å². The number of amides is 3. The largest absolute Gasteiger partial charge is 0.486 e. The number of benzene rings is 1. The summed E-state index contributed by atoms with van der Waals surface area (Å²) in [4.78, 5) is 45.5. The summed E-state index contributed by atoms with van der Waals surface area (Å²) in [5, 5.41) is 15.4. The van der Waals surface area contributed by atoms with Crippen LogP contribution in [0.3, 0.4) is 0 Å². The smallest absolute Gasteiger partial charge is 0.345 e. The standard InChI is InChI=1S/C15H17N3O9/c1-24-3-2-16-15(21)17-13(19)8-27-14(20)9-6-11-12(26-5-4-25-11)7-10(9)18(22)23/h6-7H,2-5,8H2,1H3,(H2,16,17,19,21). The number of esters is 1. The fraction of sp³-hybridized carbons (Fsp3) is 0.400. The van der Waals surface area contributed by atoms with Gasteiger partial charge in [0.2, 0.25) is 0 Å². The second-order valence-corrected chi connectivity index (χ2v) is 5.14. The maximum Gasteiger partial charge on any atom is 0.345 e. The van der Waals surface area contributed by atoms with Gasteiger partial charge in [0.05, 0.1) is 17.6 Å². The lowest BCUT2D eigenvalue weighted by Crippen LogP contribution is -2.42. The molecule has 0 saturated carbocycles. The van der Waals surface area contributed by atoms with Crippen molar-refractivity contribution in [3.63, 3.8) is 0 Å². The molecule has 0 fully saturated rings. The zero-order chi connectivity index (χ0) is 19.8. The molecule has 12 heteroatoms. The van der Waals surface area contributed by atoms with Gasteiger partial charge in [-0.1, -0.05) is 0 Å². The highest BCUT2D eigenvalue weighted by atomic mass is 16.6. The highest BCUT2D eigenvalue weighted by Gasteiger charge is 2.27. The number of carbonyl (C=O) groups is 3. The molecule has 1 aliphatic rings. The number of rotatable bonds is 7. The molecule has 2 N–H and O–H groups in total. The van der Waals surface area contributed by atoms with Gasteiger partial charge in [0.1, 0.15) is 18.8 Å². The molecule has 1 aliphatic heterocycles. The predicted molar refractivity (Wildman–Crippen MR) is 87.8 cm³/mol. The van der Waals surface area contributed by atoms with Crippen molar-refractivity contribution in [3.8, 4) is 11.5 Å². The summed E-state index contributed by atoms with van der Waals surface area (Å²) in [5.74, 6) is -1.73. The van der Waals surface area contributed by atoms with Gasteiger partial charge in [-0.15, -0.1) is 0 Å². The molecule has 146 valence electrons. The molecule has 0 radical (unpaired) electrons. The van der Waals surface area contributed by atoms with Crippen LogP contribution < -0.4 is 20.1 Å². The van der Waals surface area contributed by atoms with Gasteiger partial charge in [0.25, 0.3) is 11.6 Å². The van der Waals surface area contributed by atoms with Gasteiger partial charge < -0.3 is 24.3 Å². The SMILES string of the molecule is COCCNC(=O)NC(=O)COC(=O)c1cc2c(cc1[N+](=O)[O-])OCCO2. The molecule has 27 heavy (non-hydrogen) atoms. The van der Waals surface area contributed by atoms with Crippen molar-refractivity contribution >= 4 is 23.6 Å². The fourth-order valence-electron chi connectivity index (χ4n) is 2.07. The van der Waals surface area contributed by atoms with Crippen LogP contribution >= 0.6 is 0 Å². The number of nitro benzene ring substituents is 1.